The minimum absolute atomic E-state index is 0.539. The number of unbranched alkanes of at least 4 members (excludes halogenated alkanes) is 1. The Morgan fingerprint density at radius 3 is 1.71 bits per heavy atom. The third-order valence-corrected chi connectivity index (χ3v) is 4.88. The first-order valence-electron chi connectivity index (χ1n) is 6.49. The van der Waals surface area contributed by atoms with Crippen molar-refractivity contribution in [3.05, 3.63) is 0 Å². The molecule has 0 aliphatic heterocycles. The molecule has 0 rings (SSSR count). The van der Waals surface area contributed by atoms with Crippen molar-refractivity contribution in [3.8, 4) is 0 Å². The molecule has 0 aliphatic rings. The molecular formula is C13H29B. The summed E-state index contributed by atoms with van der Waals surface area (Å²) in [7, 11) is 2.48. The maximum atomic E-state index is 2.50. The molecule has 0 amide bonds. The Kier molecular flexibility index (Phi) is 5.85. The van der Waals surface area contributed by atoms with Gasteiger partial charge in [-0.25, -0.2) is 0 Å². The van der Waals surface area contributed by atoms with Gasteiger partial charge in [0.25, 0.3) is 0 Å². The van der Waals surface area contributed by atoms with Crippen LogP contribution in [0.2, 0.25) is 5.31 Å². The monoisotopic (exact) mass is 196 g/mol. The highest BCUT2D eigenvalue weighted by Gasteiger charge is 2.39. The average molecular weight is 196 g/mol. The second kappa shape index (κ2) is 5.83. The largest absolute Gasteiger partial charge is 0.110 e. The van der Waals surface area contributed by atoms with Gasteiger partial charge in [-0.3, -0.25) is 0 Å². The molecule has 0 saturated heterocycles. The van der Waals surface area contributed by atoms with Gasteiger partial charge in [0.1, 0.15) is 7.85 Å². The van der Waals surface area contributed by atoms with E-state index in [0.717, 1.165) is 0 Å². The summed E-state index contributed by atoms with van der Waals surface area (Å²) >= 11 is 0. The third kappa shape index (κ3) is 2.78. The Morgan fingerprint density at radius 1 is 0.929 bits per heavy atom. The molecule has 0 aromatic rings. The highest BCUT2D eigenvalue weighted by molar-refractivity contribution is 6.15. The fraction of sp³-hybridized carbons (Fsp3) is 1.00. The topological polar surface area (TPSA) is 0 Å². The Bertz CT molecular complexity index is 149. The van der Waals surface area contributed by atoms with E-state index in [4.69, 9.17) is 0 Å². The van der Waals surface area contributed by atoms with Crippen LogP contribution >= 0.6 is 0 Å². The van der Waals surface area contributed by atoms with Gasteiger partial charge >= 0.3 is 0 Å². The summed E-state index contributed by atoms with van der Waals surface area (Å²) in [6, 6.07) is 0. The van der Waals surface area contributed by atoms with Gasteiger partial charge in [0.05, 0.1) is 0 Å². The SMILES string of the molecule is BC(CC)(CC)C(C)(CC)CCCC. The van der Waals surface area contributed by atoms with Crippen LogP contribution in [0, 0.1) is 5.41 Å². The second-order valence-corrected chi connectivity index (χ2v) is 5.29. The Hall–Kier alpha value is 0.0649. The Labute approximate surface area is 92.3 Å². The fourth-order valence-corrected chi connectivity index (χ4v) is 2.58. The molecule has 84 valence electrons. The molecule has 1 heteroatoms. The van der Waals surface area contributed by atoms with Gasteiger partial charge < -0.3 is 0 Å². The van der Waals surface area contributed by atoms with Crippen LogP contribution in [0.25, 0.3) is 0 Å². The van der Waals surface area contributed by atoms with Crippen molar-refractivity contribution >= 4 is 7.85 Å². The zero-order valence-electron chi connectivity index (χ0n) is 11.2. The van der Waals surface area contributed by atoms with E-state index in [2.05, 4.69) is 42.5 Å². The summed E-state index contributed by atoms with van der Waals surface area (Å²) < 4.78 is 0. The maximum Gasteiger partial charge on any atom is 0.110 e. The van der Waals surface area contributed by atoms with Crippen LogP contribution in [-0.4, -0.2) is 7.85 Å². The molecule has 1 atom stereocenters. The van der Waals surface area contributed by atoms with Crippen LogP contribution in [-0.2, 0) is 0 Å². The van der Waals surface area contributed by atoms with E-state index in [1.165, 1.54) is 38.5 Å². The molecule has 0 saturated carbocycles. The van der Waals surface area contributed by atoms with Crippen LogP contribution < -0.4 is 0 Å². The lowest BCUT2D eigenvalue weighted by Crippen LogP contribution is -2.33. The van der Waals surface area contributed by atoms with Gasteiger partial charge in [-0.2, -0.15) is 0 Å². The van der Waals surface area contributed by atoms with E-state index in [0.29, 0.717) is 10.7 Å². The summed E-state index contributed by atoms with van der Waals surface area (Å²) in [5, 5.41) is 0.539. The van der Waals surface area contributed by atoms with Crippen molar-refractivity contribution in [1.29, 1.82) is 0 Å². The van der Waals surface area contributed by atoms with Crippen LogP contribution in [0.1, 0.15) is 73.1 Å². The highest BCUT2D eigenvalue weighted by Crippen LogP contribution is 2.53. The molecule has 0 aromatic carbocycles. The minimum atomic E-state index is 0.539. The number of rotatable bonds is 7. The number of hydrogen-bond acceptors (Lipinski definition) is 0. The van der Waals surface area contributed by atoms with E-state index in [1.54, 1.807) is 0 Å². The molecule has 0 heterocycles. The third-order valence-electron chi connectivity index (χ3n) is 4.88. The fourth-order valence-electron chi connectivity index (χ4n) is 2.58. The summed E-state index contributed by atoms with van der Waals surface area (Å²) in [6.07, 6.45) is 8.08. The first kappa shape index (κ1) is 14.1. The highest BCUT2D eigenvalue weighted by atomic mass is 14.4. The molecule has 0 aliphatic carbocycles. The minimum Gasteiger partial charge on any atom is -0.0655 e. The molecule has 0 fully saturated rings. The van der Waals surface area contributed by atoms with Gasteiger partial charge in [0, 0.05) is 0 Å². The molecule has 1 unspecified atom stereocenters. The van der Waals surface area contributed by atoms with Crippen LogP contribution in [0.15, 0.2) is 0 Å². The maximum absolute atomic E-state index is 2.50. The zero-order valence-corrected chi connectivity index (χ0v) is 11.2. The molecule has 14 heavy (non-hydrogen) atoms. The summed E-state index contributed by atoms with van der Waals surface area (Å²) in [4.78, 5) is 0. The zero-order chi connectivity index (χ0) is 11.2. The average Bonchev–Trinajstić information content (AvgIpc) is 2.24. The van der Waals surface area contributed by atoms with E-state index >= 15 is 0 Å². The van der Waals surface area contributed by atoms with Crippen molar-refractivity contribution in [1.82, 2.24) is 0 Å². The lowest BCUT2D eigenvalue weighted by Gasteiger charge is -2.46. The van der Waals surface area contributed by atoms with Gasteiger partial charge in [-0.1, -0.05) is 72.0 Å². The molecule has 0 spiro atoms. The van der Waals surface area contributed by atoms with Crippen molar-refractivity contribution in [2.24, 2.45) is 5.41 Å². The van der Waals surface area contributed by atoms with Crippen LogP contribution in [0.5, 0.6) is 0 Å². The van der Waals surface area contributed by atoms with E-state index in [1.807, 2.05) is 0 Å². The molecule has 0 N–H and O–H groups in total. The molecule has 0 bridgehead atoms. The van der Waals surface area contributed by atoms with E-state index in [-0.39, 0.29) is 0 Å². The van der Waals surface area contributed by atoms with Crippen molar-refractivity contribution < 1.29 is 0 Å². The predicted molar refractivity (Wildman–Crippen MR) is 69.7 cm³/mol. The summed E-state index contributed by atoms with van der Waals surface area (Å²) in [5.74, 6) is 0. The van der Waals surface area contributed by atoms with E-state index in [9.17, 15) is 0 Å². The quantitative estimate of drug-likeness (QED) is 0.535. The van der Waals surface area contributed by atoms with Crippen molar-refractivity contribution in [2.45, 2.75) is 78.5 Å². The number of hydrogen-bond donors (Lipinski definition) is 0. The van der Waals surface area contributed by atoms with Gasteiger partial charge in [-0.15, -0.1) is 0 Å². The summed E-state index contributed by atoms with van der Waals surface area (Å²) in [5.41, 5.74) is 0.548. The molecule has 0 radical (unpaired) electrons. The lowest BCUT2D eigenvalue weighted by atomic mass is 9.48. The normalized spacial score (nSPS) is 16.6. The van der Waals surface area contributed by atoms with Gasteiger partial charge in [-0.05, 0) is 11.8 Å². The molecule has 0 nitrogen and oxygen atoms in total. The second-order valence-electron chi connectivity index (χ2n) is 5.29. The first-order chi connectivity index (χ1) is 6.49. The Balaban J connectivity index is 4.62. The Morgan fingerprint density at radius 2 is 1.43 bits per heavy atom. The predicted octanol–water partition coefficient (Wildman–Crippen LogP) is 4.20. The smallest absolute Gasteiger partial charge is 0.0655 e. The van der Waals surface area contributed by atoms with Crippen LogP contribution in [0.4, 0.5) is 0 Å². The van der Waals surface area contributed by atoms with Gasteiger partial charge in [0.2, 0.25) is 0 Å². The lowest BCUT2D eigenvalue weighted by molar-refractivity contribution is 0.163. The van der Waals surface area contributed by atoms with Crippen LogP contribution in [0.3, 0.4) is 0 Å². The first-order valence-corrected chi connectivity index (χ1v) is 6.49. The molecule has 0 aromatic heterocycles. The van der Waals surface area contributed by atoms with Crippen molar-refractivity contribution in [2.75, 3.05) is 0 Å². The van der Waals surface area contributed by atoms with E-state index < -0.39 is 0 Å². The summed E-state index contributed by atoms with van der Waals surface area (Å²) in [6.45, 7) is 11.9. The van der Waals surface area contributed by atoms with Gasteiger partial charge in [0.15, 0.2) is 0 Å². The van der Waals surface area contributed by atoms with Crippen molar-refractivity contribution in [3.63, 3.8) is 0 Å². The molecular weight excluding hydrogens is 167 g/mol. The standard InChI is InChI=1S/C13H29B/c1-6-10-11-12(5,7-2)13(14,8-3)9-4/h6-11,14H2,1-5H3.